The zero-order chi connectivity index (χ0) is 13.9. The molecule has 0 amide bonds. The molecule has 0 spiro atoms. The number of carbonyl (C=O) groups is 1. The molecule has 1 rings (SSSR count). The number of hydrogen-bond acceptors (Lipinski definition) is 5. The van der Waals surface area contributed by atoms with Crippen LogP contribution in [0, 0.1) is 10.1 Å². The van der Waals surface area contributed by atoms with Gasteiger partial charge in [-0.05, 0) is 19.4 Å². The number of pyridine rings is 1. The van der Waals surface area contributed by atoms with Crippen LogP contribution < -0.4 is 4.90 Å². The standard InChI is InChI=1S/C11H15N3O4/c1-4-7(2)13(3)10-9(14(17)18)6-5-8(12-10)11(15)16/h5-7H,4H2,1-3H3,(H,15,16). The summed E-state index contributed by atoms with van der Waals surface area (Å²) in [7, 11) is 1.66. The maximum absolute atomic E-state index is 10.9. The molecule has 98 valence electrons. The molecule has 0 aliphatic rings. The lowest BCUT2D eigenvalue weighted by atomic mass is 10.2. The first kappa shape index (κ1) is 13.9. The molecule has 0 saturated heterocycles. The number of carboxylic acid groups (broad SMARTS) is 1. The van der Waals surface area contributed by atoms with E-state index in [0.29, 0.717) is 0 Å². The highest BCUT2D eigenvalue weighted by Crippen LogP contribution is 2.27. The van der Waals surface area contributed by atoms with Crippen LogP contribution in [0.15, 0.2) is 12.1 Å². The Morgan fingerprint density at radius 1 is 1.61 bits per heavy atom. The van der Waals surface area contributed by atoms with Gasteiger partial charge >= 0.3 is 11.7 Å². The normalized spacial score (nSPS) is 11.9. The topological polar surface area (TPSA) is 96.6 Å². The van der Waals surface area contributed by atoms with Crippen LogP contribution in [0.4, 0.5) is 11.5 Å². The molecule has 7 heteroatoms. The Balaban J connectivity index is 3.31. The molecule has 0 fully saturated rings. The minimum Gasteiger partial charge on any atom is -0.477 e. The predicted molar refractivity (Wildman–Crippen MR) is 66.0 cm³/mol. The van der Waals surface area contributed by atoms with Crippen LogP contribution in [-0.4, -0.2) is 34.1 Å². The van der Waals surface area contributed by atoms with Crippen LogP contribution in [0.2, 0.25) is 0 Å². The molecule has 0 aliphatic heterocycles. The summed E-state index contributed by atoms with van der Waals surface area (Å²) < 4.78 is 0. The Hall–Kier alpha value is -2.18. The Labute approximate surface area is 104 Å². The van der Waals surface area contributed by atoms with Crippen molar-refractivity contribution in [1.29, 1.82) is 0 Å². The van der Waals surface area contributed by atoms with Crippen molar-refractivity contribution >= 4 is 17.5 Å². The number of aromatic nitrogens is 1. The monoisotopic (exact) mass is 253 g/mol. The van der Waals surface area contributed by atoms with Crippen molar-refractivity contribution in [2.24, 2.45) is 0 Å². The summed E-state index contributed by atoms with van der Waals surface area (Å²) in [5.41, 5.74) is -0.395. The van der Waals surface area contributed by atoms with Gasteiger partial charge in [-0.15, -0.1) is 0 Å². The highest BCUT2D eigenvalue weighted by atomic mass is 16.6. The summed E-state index contributed by atoms with van der Waals surface area (Å²) in [6.45, 7) is 3.83. The number of hydrogen-bond donors (Lipinski definition) is 1. The van der Waals surface area contributed by atoms with Crippen LogP contribution in [-0.2, 0) is 0 Å². The van der Waals surface area contributed by atoms with Crippen molar-refractivity contribution in [2.75, 3.05) is 11.9 Å². The van der Waals surface area contributed by atoms with E-state index in [1.807, 2.05) is 13.8 Å². The van der Waals surface area contributed by atoms with Crippen molar-refractivity contribution < 1.29 is 14.8 Å². The third-order valence-corrected chi connectivity index (χ3v) is 2.86. The molecule has 1 aromatic rings. The van der Waals surface area contributed by atoms with E-state index in [1.54, 1.807) is 11.9 Å². The molecule has 0 aromatic carbocycles. The first-order valence-corrected chi connectivity index (χ1v) is 5.50. The van der Waals surface area contributed by atoms with E-state index in [1.165, 1.54) is 6.07 Å². The molecule has 1 heterocycles. The Morgan fingerprint density at radius 2 is 2.22 bits per heavy atom. The Bertz CT molecular complexity index is 475. The molecular formula is C11H15N3O4. The average molecular weight is 253 g/mol. The highest BCUT2D eigenvalue weighted by Gasteiger charge is 2.23. The van der Waals surface area contributed by atoms with Crippen molar-refractivity contribution in [3.8, 4) is 0 Å². The van der Waals surface area contributed by atoms with Gasteiger partial charge in [0.05, 0.1) is 4.92 Å². The minimum atomic E-state index is -1.20. The van der Waals surface area contributed by atoms with Crippen molar-refractivity contribution in [2.45, 2.75) is 26.3 Å². The fraction of sp³-hybridized carbons (Fsp3) is 0.455. The van der Waals surface area contributed by atoms with Gasteiger partial charge in [0.15, 0.2) is 5.69 Å². The molecule has 0 saturated carbocycles. The summed E-state index contributed by atoms with van der Waals surface area (Å²) in [6.07, 6.45) is 0.770. The number of aromatic carboxylic acids is 1. The van der Waals surface area contributed by atoms with E-state index < -0.39 is 10.9 Å². The lowest BCUT2D eigenvalue weighted by Crippen LogP contribution is -2.30. The number of rotatable bonds is 5. The molecule has 7 nitrogen and oxygen atoms in total. The number of nitro groups is 1. The van der Waals surface area contributed by atoms with E-state index in [2.05, 4.69) is 4.98 Å². The van der Waals surface area contributed by atoms with Gasteiger partial charge in [-0.2, -0.15) is 0 Å². The van der Waals surface area contributed by atoms with Crippen LogP contribution >= 0.6 is 0 Å². The maximum atomic E-state index is 10.9. The third kappa shape index (κ3) is 2.73. The predicted octanol–water partition coefficient (Wildman–Crippen LogP) is 1.92. The van der Waals surface area contributed by atoms with Gasteiger partial charge in [0, 0.05) is 19.2 Å². The van der Waals surface area contributed by atoms with E-state index in [9.17, 15) is 14.9 Å². The molecule has 18 heavy (non-hydrogen) atoms. The van der Waals surface area contributed by atoms with Gasteiger partial charge in [0.25, 0.3) is 0 Å². The van der Waals surface area contributed by atoms with Crippen LogP contribution in [0.1, 0.15) is 30.8 Å². The summed E-state index contributed by atoms with van der Waals surface area (Å²) in [4.78, 5) is 26.7. The second-order valence-corrected chi connectivity index (χ2v) is 3.97. The van der Waals surface area contributed by atoms with Crippen molar-refractivity contribution in [3.05, 3.63) is 27.9 Å². The largest absolute Gasteiger partial charge is 0.477 e. The first-order valence-electron chi connectivity index (χ1n) is 5.50. The second-order valence-electron chi connectivity index (χ2n) is 3.97. The van der Waals surface area contributed by atoms with Gasteiger partial charge in [-0.1, -0.05) is 6.92 Å². The van der Waals surface area contributed by atoms with E-state index >= 15 is 0 Å². The Kier molecular flexibility index (Phi) is 4.19. The molecule has 1 atom stereocenters. The minimum absolute atomic E-state index is 0.0280. The molecular weight excluding hydrogens is 238 g/mol. The molecule has 0 bridgehead atoms. The zero-order valence-corrected chi connectivity index (χ0v) is 10.5. The number of carboxylic acids is 1. The number of anilines is 1. The van der Waals surface area contributed by atoms with Crippen LogP contribution in [0.3, 0.4) is 0 Å². The summed E-state index contributed by atoms with van der Waals surface area (Å²) in [5.74, 6) is -1.13. The zero-order valence-electron chi connectivity index (χ0n) is 10.5. The lowest BCUT2D eigenvalue weighted by Gasteiger charge is -2.24. The van der Waals surface area contributed by atoms with E-state index in [-0.39, 0.29) is 23.2 Å². The first-order chi connectivity index (χ1) is 8.38. The molecule has 1 unspecified atom stereocenters. The van der Waals surface area contributed by atoms with Gasteiger partial charge in [-0.25, -0.2) is 9.78 Å². The fourth-order valence-electron chi connectivity index (χ4n) is 1.44. The summed E-state index contributed by atoms with van der Waals surface area (Å²) >= 11 is 0. The van der Waals surface area contributed by atoms with Crippen LogP contribution in [0.25, 0.3) is 0 Å². The molecule has 1 N–H and O–H groups in total. The van der Waals surface area contributed by atoms with Gasteiger partial charge < -0.3 is 10.0 Å². The quantitative estimate of drug-likeness (QED) is 0.636. The smallest absolute Gasteiger partial charge is 0.354 e. The van der Waals surface area contributed by atoms with Gasteiger partial charge in [-0.3, -0.25) is 10.1 Å². The third-order valence-electron chi connectivity index (χ3n) is 2.86. The van der Waals surface area contributed by atoms with Crippen LogP contribution in [0.5, 0.6) is 0 Å². The van der Waals surface area contributed by atoms with Gasteiger partial charge in [0.2, 0.25) is 5.82 Å². The average Bonchev–Trinajstić information content (AvgIpc) is 2.35. The fourth-order valence-corrected chi connectivity index (χ4v) is 1.44. The van der Waals surface area contributed by atoms with Crippen molar-refractivity contribution in [1.82, 2.24) is 4.98 Å². The van der Waals surface area contributed by atoms with Crippen molar-refractivity contribution in [3.63, 3.8) is 0 Å². The SMILES string of the molecule is CCC(C)N(C)c1nc(C(=O)O)ccc1[N+](=O)[O-]. The maximum Gasteiger partial charge on any atom is 0.354 e. The molecule has 0 aliphatic carbocycles. The van der Waals surface area contributed by atoms with E-state index in [0.717, 1.165) is 12.5 Å². The highest BCUT2D eigenvalue weighted by molar-refractivity contribution is 5.86. The lowest BCUT2D eigenvalue weighted by molar-refractivity contribution is -0.384. The second kappa shape index (κ2) is 5.44. The molecule has 1 aromatic heterocycles. The van der Waals surface area contributed by atoms with E-state index in [4.69, 9.17) is 5.11 Å². The van der Waals surface area contributed by atoms with Gasteiger partial charge in [0.1, 0.15) is 0 Å². The molecule has 0 radical (unpaired) electrons. The summed E-state index contributed by atoms with van der Waals surface area (Å²) in [6, 6.07) is 2.33. The summed E-state index contributed by atoms with van der Waals surface area (Å²) in [5, 5.41) is 19.8. The Morgan fingerprint density at radius 3 is 2.67 bits per heavy atom. The number of nitrogens with zero attached hydrogens (tertiary/aromatic N) is 3.